The van der Waals surface area contributed by atoms with Crippen LogP contribution < -0.4 is 0 Å². The van der Waals surface area contributed by atoms with Gasteiger partial charge in [-0.1, -0.05) is 0 Å². The molecule has 5 nitrogen and oxygen atoms in total. The van der Waals surface area contributed by atoms with Crippen molar-refractivity contribution in [1.29, 1.82) is 0 Å². The molecule has 0 aliphatic carbocycles. The van der Waals surface area contributed by atoms with E-state index in [4.69, 9.17) is 11.6 Å². The van der Waals surface area contributed by atoms with Gasteiger partial charge in [-0.25, -0.2) is 9.97 Å². The average molecular weight is 309 g/mol. The van der Waals surface area contributed by atoms with Gasteiger partial charge in [0.25, 0.3) is 0 Å². The first-order chi connectivity index (χ1) is 10.2. The highest BCUT2D eigenvalue weighted by atomic mass is 35.5. The Hall–Kier alpha value is -1.62. The lowest BCUT2D eigenvalue weighted by molar-refractivity contribution is -0.131. The third kappa shape index (κ3) is 3.53. The van der Waals surface area contributed by atoms with E-state index >= 15 is 0 Å². The molecule has 0 spiro atoms. The van der Waals surface area contributed by atoms with Crippen LogP contribution in [0.4, 0.5) is 0 Å². The minimum atomic E-state index is 0.162. The Bertz CT molecular complexity index is 607. The molecule has 0 N–H and O–H groups in total. The third-order valence-electron chi connectivity index (χ3n) is 3.57. The number of halogens is 1. The molecule has 2 aromatic rings. The minimum Gasteiger partial charge on any atom is -0.343 e. The van der Waals surface area contributed by atoms with Gasteiger partial charge in [-0.3, -0.25) is 4.79 Å². The largest absolute Gasteiger partial charge is 0.343 e. The fraction of sp³-hybridized carbons (Fsp3) is 0.533. The highest BCUT2D eigenvalue weighted by molar-refractivity contribution is 6.17. The topological polar surface area (TPSA) is 51.0 Å². The van der Waals surface area contributed by atoms with Crippen LogP contribution in [0.15, 0.2) is 18.3 Å². The molecule has 0 aliphatic heterocycles. The second kappa shape index (κ2) is 7.41. The summed E-state index contributed by atoms with van der Waals surface area (Å²) in [5, 5.41) is 0. The first kappa shape index (κ1) is 15.8. The number of imidazole rings is 1. The van der Waals surface area contributed by atoms with Gasteiger partial charge in [0.05, 0.1) is 0 Å². The number of carbonyl (C=O) groups is 1. The van der Waals surface area contributed by atoms with E-state index in [1.807, 2.05) is 35.4 Å². The van der Waals surface area contributed by atoms with Crippen molar-refractivity contribution in [1.82, 2.24) is 19.4 Å². The van der Waals surface area contributed by atoms with Crippen LogP contribution in [0, 0.1) is 0 Å². The predicted molar refractivity (Wildman–Crippen MR) is 84.5 cm³/mol. The average Bonchev–Trinajstić information content (AvgIpc) is 2.84. The zero-order chi connectivity index (χ0) is 15.2. The zero-order valence-corrected chi connectivity index (χ0v) is 13.3. The number of fused-ring (bicyclic) bond motifs is 1. The third-order valence-corrected chi connectivity index (χ3v) is 3.76. The van der Waals surface area contributed by atoms with Crippen LogP contribution >= 0.6 is 11.6 Å². The standard InChI is InChI=1S/C15H21ClN4O/c1-3-19(4-2)14(21)8-11-20-13(7-9-16)18-12-6-5-10-17-15(12)20/h5-6,10H,3-4,7-9,11H2,1-2H3. The van der Waals surface area contributed by atoms with E-state index in [2.05, 4.69) is 9.97 Å². The first-order valence-electron chi connectivity index (χ1n) is 7.35. The maximum atomic E-state index is 12.2. The number of hydrogen-bond donors (Lipinski definition) is 0. The molecule has 0 fully saturated rings. The number of pyridine rings is 1. The second-order valence-electron chi connectivity index (χ2n) is 4.78. The monoisotopic (exact) mass is 308 g/mol. The summed E-state index contributed by atoms with van der Waals surface area (Å²) in [5.74, 6) is 1.56. The minimum absolute atomic E-state index is 0.162. The molecule has 2 aromatic heterocycles. The fourth-order valence-electron chi connectivity index (χ4n) is 2.46. The van der Waals surface area contributed by atoms with Crippen LogP contribution in [0.25, 0.3) is 11.2 Å². The number of hydrogen-bond acceptors (Lipinski definition) is 3. The number of carbonyl (C=O) groups excluding carboxylic acids is 1. The van der Waals surface area contributed by atoms with Gasteiger partial charge < -0.3 is 9.47 Å². The van der Waals surface area contributed by atoms with Crippen LogP contribution in [0.3, 0.4) is 0 Å². The normalized spacial score (nSPS) is 11.0. The molecule has 114 valence electrons. The molecule has 0 aliphatic rings. The van der Waals surface area contributed by atoms with Gasteiger partial charge in [-0.2, -0.15) is 0 Å². The van der Waals surface area contributed by atoms with Crippen molar-refractivity contribution in [3.63, 3.8) is 0 Å². The lowest BCUT2D eigenvalue weighted by atomic mass is 10.3. The lowest BCUT2D eigenvalue weighted by Crippen LogP contribution is -2.31. The van der Waals surface area contributed by atoms with Gasteiger partial charge >= 0.3 is 0 Å². The summed E-state index contributed by atoms with van der Waals surface area (Å²) in [6.45, 7) is 6.07. The van der Waals surface area contributed by atoms with E-state index in [9.17, 15) is 4.79 Å². The molecule has 0 unspecified atom stereocenters. The summed E-state index contributed by atoms with van der Waals surface area (Å²) in [6.07, 6.45) is 2.88. The Kier molecular flexibility index (Phi) is 5.56. The molecule has 2 heterocycles. The SMILES string of the molecule is CCN(CC)C(=O)CCn1c(CCCl)nc2cccnc21. The molecule has 0 saturated carbocycles. The van der Waals surface area contributed by atoms with Gasteiger partial charge in [0.15, 0.2) is 5.65 Å². The number of nitrogens with zero attached hydrogens (tertiary/aromatic N) is 4. The Labute approximate surface area is 129 Å². The van der Waals surface area contributed by atoms with Crippen LogP contribution in [0.5, 0.6) is 0 Å². The maximum Gasteiger partial charge on any atom is 0.224 e. The smallest absolute Gasteiger partial charge is 0.224 e. The number of amides is 1. The molecule has 0 aromatic carbocycles. The van der Waals surface area contributed by atoms with E-state index in [0.29, 0.717) is 25.3 Å². The Morgan fingerprint density at radius 3 is 2.81 bits per heavy atom. The number of aromatic nitrogens is 3. The summed E-state index contributed by atoms with van der Waals surface area (Å²) in [7, 11) is 0. The van der Waals surface area contributed by atoms with Crippen molar-refractivity contribution in [3.8, 4) is 0 Å². The fourth-order valence-corrected chi connectivity index (χ4v) is 2.63. The van der Waals surface area contributed by atoms with E-state index in [0.717, 1.165) is 30.1 Å². The van der Waals surface area contributed by atoms with Crippen molar-refractivity contribution in [2.45, 2.75) is 33.2 Å². The van der Waals surface area contributed by atoms with Crippen molar-refractivity contribution < 1.29 is 4.79 Å². The molecule has 0 bridgehead atoms. The van der Waals surface area contributed by atoms with Gasteiger partial charge in [-0.05, 0) is 26.0 Å². The summed E-state index contributed by atoms with van der Waals surface area (Å²) in [6, 6.07) is 3.80. The Morgan fingerprint density at radius 1 is 1.38 bits per heavy atom. The molecule has 21 heavy (non-hydrogen) atoms. The second-order valence-corrected chi connectivity index (χ2v) is 5.16. The van der Waals surface area contributed by atoms with Gasteiger partial charge in [0, 0.05) is 44.6 Å². The van der Waals surface area contributed by atoms with Crippen LogP contribution in [-0.4, -0.2) is 44.3 Å². The van der Waals surface area contributed by atoms with E-state index < -0.39 is 0 Å². The van der Waals surface area contributed by atoms with Gasteiger partial charge in [0.2, 0.25) is 5.91 Å². The van der Waals surface area contributed by atoms with Crippen molar-refractivity contribution in [2.75, 3.05) is 19.0 Å². The van der Waals surface area contributed by atoms with E-state index in [1.54, 1.807) is 6.20 Å². The quantitative estimate of drug-likeness (QED) is 0.738. The summed E-state index contributed by atoms with van der Waals surface area (Å²) in [4.78, 5) is 22.9. The summed E-state index contributed by atoms with van der Waals surface area (Å²) >= 11 is 5.84. The van der Waals surface area contributed by atoms with Crippen molar-refractivity contribution in [2.24, 2.45) is 0 Å². The molecule has 2 rings (SSSR count). The maximum absolute atomic E-state index is 12.2. The molecular weight excluding hydrogens is 288 g/mol. The number of rotatable bonds is 7. The molecule has 0 radical (unpaired) electrons. The lowest BCUT2D eigenvalue weighted by Gasteiger charge is -2.19. The molecule has 1 amide bonds. The Morgan fingerprint density at radius 2 is 2.14 bits per heavy atom. The molecule has 0 atom stereocenters. The highest BCUT2D eigenvalue weighted by Crippen LogP contribution is 2.15. The first-order valence-corrected chi connectivity index (χ1v) is 7.88. The van der Waals surface area contributed by atoms with Gasteiger partial charge in [-0.15, -0.1) is 11.6 Å². The van der Waals surface area contributed by atoms with Gasteiger partial charge in [0.1, 0.15) is 11.3 Å². The number of aryl methyl sites for hydroxylation is 2. The number of alkyl halides is 1. The highest BCUT2D eigenvalue weighted by Gasteiger charge is 2.14. The molecule has 0 saturated heterocycles. The molecular formula is C15H21ClN4O. The zero-order valence-electron chi connectivity index (χ0n) is 12.5. The van der Waals surface area contributed by atoms with Crippen molar-refractivity contribution in [3.05, 3.63) is 24.2 Å². The summed E-state index contributed by atoms with van der Waals surface area (Å²) < 4.78 is 2.01. The van der Waals surface area contributed by atoms with Crippen LogP contribution in [0.1, 0.15) is 26.1 Å². The Balaban J connectivity index is 2.20. The molecule has 6 heteroatoms. The van der Waals surface area contributed by atoms with Crippen LogP contribution in [-0.2, 0) is 17.8 Å². The predicted octanol–water partition coefficient (Wildman–Crippen LogP) is 2.47. The summed E-state index contributed by atoms with van der Waals surface area (Å²) in [5.41, 5.74) is 1.68. The van der Waals surface area contributed by atoms with E-state index in [1.165, 1.54) is 0 Å². The van der Waals surface area contributed by atoms with Crippen molar-refractivity contribution >= 4 is 28.7 Å². The van der Waals surface area contributed by atoms with E-state index in [-0.39, 0.29) is 5.91 Å². The van der Waals surface area contributed by atoms with Crippen LogP contribution in [0.2, 0.25) is 0 Å².